The standard InChI is InChI=1S/C7H11N3O3S/c8-14(11,12)7-1-3-10(9-7)6-2-4-13-5-6/h1,3,6H,2,4-5H2,(H2,8,11,12). The Hall–Kier alpha value is -0.920. The van der Waals surface area contributed by atoms with Gasteiger partial charge in [-0.2, -0.15) is 5.10 Å². The Kier molecular flexibility index (Phi) is 2.30. The molecule has 0 saturated carbocycles. The first-order chi connectivity index (χ1) is 6.57. The molecule has 14 heavy (non-hydrogen) atoms. The quantitative estimate of drug-likeness (QED) is 0.722. The van der Waals surface area contributed by atoms with Crippen molar-refractivity contribution in [3.8, 4) is 0 Å². The SMILES string of the molecule is NS(=O)(=O)c1ccn(C2CCOC2)n1. The number of rotatable bonds is 2. The number of nitrogens with zero attached hydrogens (tertiary/aromatic N) is 2. The van der Waals surface area contributed by atoms with E-state index in [9.17, 15) is 8.42 Å². The van der Waals surface area contributed by atoms with Crippen LogP contribution in [-0.4, -0.2) is 31.4 Å². The maximum absolute atomic E-state index is 10.9. The molecule has 1 unspecified atom stereocenters. The lowest BCUT2D eigenvalue weighted by molar-refractivity contribution is 0.184. The molecule has 1 aromatic rings. The van der Waals surface area contributed by atoms with Crippen LogP contribution < -0.4 is 5.14 Å². The zero-order valence-electron chi connectivity index (χ0n) is 7.46. The maximum Gasteiger partial charge on any atom is 0.257 e. The van der Waals surface area contributed by atoms with Gasteiger partial charge in [-0.05, 0) is 12.5 Å². The molecule has 1 aliphatic heterocycles. The summed E-state index contributed by atoms with van der Waals surface area (Å²) in [6.45, 7) is 1.26. The van der Waals surface area contributed by atoms with Crippen molar-refractivity contribution in [1.29, 1.82) is 0 Å². The van der Waals surface area contributed by atoms with Crippen molar-refractivity contribution in [1.82, 2.24) is 9.78 Å². The van der Waals surface area contributed by atoms with E-state index < -0.39 is 10.0 Å². The number of nitrogens with two attached hydrogens (primary N) is 1. The number of primary sulfonamides is 1. The Morgan fingerprint density at radius 2 is 2.43 bits per heavy atom. The molecule has 1 aromatic heterocycles. The number of hydrogen-bond acceptors (Lipinski definition) is 4. The van der Waals surface area contributed by atoms with E-state index >= 15 is 0 Å². The summed E-state index contributed by atoms with van der Waals surface area (Å²) in [4.78, 5) is 0. The second-order valence-corrected chi connectivity index (χ2v) is 4.70. The van der Waals surface area contributed by atoms with Gasteiger partial charge in [-0.3, -0.25) is 4.68 Å². The van der Waals surface area contributed by atoms with Gasteiger partial charge in [0.15, 0.2) is 5.03 Å². The van der Waals surface area contributed by atoms with E-state index in [2.05, 4.69) is 5.10 Å². The zero-order valence-corrected chi connectivity index (χ0v) is 8.27. The molecule has 2 N–H and O–H groups in total. The van der Waals surface area contributed by atoms with Gasteiger partial charge in [-0.1, -0.05) is 0 Å². The highest BCUT2D eigenvalue weighted by Gasteiger charge is 2.20. The lowest BCUT2D eigenvalue weighted by Crippen LogP contribution is -2.15. The van der Waals surface area contributed by atoms with Crippen molar-refractivity contribution >= 4 is 10.0 Å². The summed E-state index contributed by atoms with van der Waals surface area (Å²) < 4.78 is 28.6. The molecule has 1 aliphatic rings. The minimum atomic E-state index is -3.68. The van der Waals surface area contributed by atoms with Crippen molar-refractivity contribution in [2.24, 2.45) is 5.14 Å². The van der Waals surface area contributed by atoms with Crippen LogP contribution in [0.2, 0.25) is 0 Å². The van der Waals surface area contributed by atoms with Crippen LogP contribution in [0.15, 0.2) is 17.3 Å². The summed E-state index contributed by atoms with van der Waals surface area (Å²) in [5, 5.41) is 8.73. The molecule has 7 heteroatoms. The highest BCUT2D eigenvalue weighted by Crippen LogP contribution is 2.18. The molecule has 0 bridgehead atoms. The van der Waals surface area contributed by atoms with Crippen LogP contribution in [0.3, 0.4) is 0 Å². The van der Waals surface area contributed by atoms with Gasteiger partial charge in [-0.25, -0.2) is 13.6 Å². The van der Waals surface area contributed by atoms with Crippen LogP contribution in [0.5, 0.6) is 0 Å². The van der Waals surface area contributed by atoms with Crippen molar-refractivity contribution < 1.29 is 13.2 Å². The Labute approximate surface area is 81.7 Å². The Morgan fingerprint density at radius 1 is 1.64 bits per heavy atom. The number of hydrogen-bond donors (Lipinski definition) is 1. The summed E-state index contributed by atoms with van der Waals surface area (Å²) in [7, 11) is -3.68. The molecule has 1 saturated heterocycles. The number of aromatic nitrogens is 2. The molecule has 0 spiro atoms. The van der Waals surface area contributed by atoms with Gasteiger partial charge >= 0.3 is 0 Å². The Bertz CT molecular complexity index is 419. The fraction of sp³-hybridized carbons (Fsp3) is 0.571. The monoisotopic (exact) mass is 217 g/mol. The predicted octanol–water partition coefficient (Wildman–Crippen LogP) is -0.508. The van der Waals surface area contributed by atoms with Crippen molar-refractivity contribution in [3.05, 3.63) is 12.3 Å². The molecule has 0 amide bonds. The Balaban J connectivity index is 2.25. The lowest BCUT2D eigenvalue weighted by atomic mass is 10.3. The van der Waals surface area contributed by atoms with E-state index in [-0.39, 0.29) is 11.1 Å². The molecule has 0 radical (unpaired) electrons. The average Bonchev–Trinajstić information content (AvgIpc) is 2.73. The van der Waals surface area contributed by atoms with Crippen LogP contribution in [-0.2, 0) is 14.8 Å². The molecule has 0 aliphatic carbocycles. The number of ether oxygens (including phenoxy) is 1. The largest absolute Gasteiger partial charge is 0.379 e. The fourth-order valence-electron chi connectivity index (χ4n) is 1.41. The van der Waals surface area contributed by atoms with Crippen LogP contribution in [0.4, 0.5) is 0 Å². The van der Waals surface area contributed by atoms with Crippen molar-refractivity contribution in [2.45, 2.75) is 17.5 Å². The average molecular weight is 217 g/mol. The highest BCUT2D eigenvalue weighted by atomic mass is 32.2. The van der Waals surface area contributed by atoms with E-state index in [1.807, 2.05) is 0 Å². The highest BCUT2D eigenvalue weighted by molar-refractivity contribution is 7.89. The summed E-state index contributed by atoms with van der Waals surface area (Å²) in [6.07, 6.45) is 2.46. The van der Waals surface area contributed by atoms with Crippen LogP contribution in [0, 0.1) is 0 Å². The molecular weight excluding hydrogens is 206 g/mol. The second-order valence-electron chi connectivity index (χ2n) is 3.20. The van der Waals surface area contributed by atoms with Gasteiger partial charge in [0, 0.05) is 12.8 Å². The Morgan fingerprint density at radius 3 is 2.93 bits per heavy atom. The van der Waals surface area contributed by atoms with Gasteiger partial charge in [-0.15, -0.1) is 0 Å². The minimum absolute atomic E-state index is 0.0931. The summed E-state index contributed by atoms with van der Waals surface area (Å²) >= 11 is 0. The second kappa shape index (κ2) is 3.34. The van der Waals surface area contributed by atoms with Gasteiger partial charge < -0.3 is 4.74 Å². The van der Waals surface area contributed by atoms with Gasteiger partial charge in [0.1, 0.15) is 0 Å². The van der Waals surface area contributed by atoms with Crippen molar-refractivity contribution in [2.75, 3.05) is 13.2 Å². The number of sulfonamides is 1. The normalized spacial score (nSPS) is 22.8. The first-order valence-electron chi connectivity index (χ1n) is 4.23. The van der Waals surface area contributed by atoms with E-state index in [1.54, 1.807) is 10.9 Å². The summed E-state index contributed by atoms with van der Waals surface area (Å²) in [5.41, 5.74) is 0. The van der Waals surface area contributed by atoms with E-state index in [0.29, 0.717) is 13.2 Å². The van der Waals surface area contributed by atoms with Crippen LogP contribution in [0.1, 0.15) is 12.5 Å². The third-order valence-electron chi connectivity index (χ3n) is 2.16. The zero-order chi connectivity index (χ0) is 10.2. The third-order valence-corrected chi connectivity index (χ3v) is 2.96. The maximum atomic E-state index is 10.9. The third kappa shape index (κ3) is 1.79. The van der Waals surface area contributed by atoms with E-state index in [0.717, 1.165) is 6.42 Å². The molecular formula is C7H11N3O3S. The van der Waals surface area contributed by atoms with Crippen molar-refractivity contribution in [3.63, 3.8) is 0 Å². The van der Waals surface area contributed by atoms with Gasteiger partial charge in [0.2, 0.25) is 0 Å². The van der Waals surface area contributed by atoms with Crippen LogP contribution >= 0.6 is 0 Å². The predicted molar refractivity (Wildman–Crippen MR) is 48.1 cm³/mol. The molecule has 1 fully saturated rings. The van der Waals surface area contributed by atoms with Gasteiger partial charge in [0.25, 0.3) is 10.0 Å². The molecule has 78 valence electrons. The summed E-state index contributed by atoms with van der Waals surface area (Å²) in [6, 6.07) is 1.53. The molecule has 0 aromatic carbocycles. The van der Waals surface area contributed by atoms with E-state index in [1.165, 1.54) is 6.07 Å². The van der Waals surface area contributed by atoms with Crippen LogP contribution in [0.25, 0.3) is 0 Å². The smallest absolute Gasteiger partial charge is 0.257 e. The summed E-state index contributed by atoms with van der Waals surface area (Å²) in [5.74, 6) is 0. The molecule has 2 rings (SSSR count). The van der Waals surface area contributed by atoms with Gasteiger partial charge in [0.05, 0.1) is 12.6 Å². The first kappa shape index (κ1) is 9.63. The lowest BCUT2D eigenvalue weighted by Gasteiger charge is -2.06. The fourth-order valence-corrected chi connectivity index (χ4v) is 1.87. The molecule has 1 atom stereocenters. The minimum Gasteiger partial charge on any atom is -0.379 e. The molecule has 2 heterocycles. The van der Waals surface area contributed by atoms with E-state index in [4.69, 9.17) is 9.88 Å². The first-order valence-corrected chi connectivity index (χ1v) is 5.78. The molecule has 6 nitrogen and oxygen atoms in total. The topological polar surface area (TPSA) is 87.2 Å².